The van der Waals surface area contributed by atoms with E-state index in [0.717, 1.165) is 0 Å². The standard InChI is InChI=1S/C30H28O10/c1-33-20-14-22(35-3)21(34-2)11-16(20)12-23-28(32)17-7-8-19-27(29(17)40-23)18(13-26(31)39-19)15-9-24(36-4)30(38-6)25(10-15)37-5/h7-12,14,18H,13H2,1-6H3/b23-12+. The normalized spacial score (nSPS) is 16.4. The van der Waals surface area contributed by atoms with Gasteiger partial charge in [-0.05, 0) is 42.0 Å². The van der Waals surface area contributed by atoms with Crippen molar-refractivity contribution in [3.63, 3.8) is 0 Å². The van der Waals surface area contributed by atoms with Crippen LogP contribution >= 0.6 is 0 Å². The smallest absolute Gasteiger partial charge is 0.312 e. The first kappa shape index (κ1) is 26.7. The van der Waals surface area contributed by atoms with Crippen LogP contribution in [0.5, 0.6) is 46.0 Å². The molecule has 1 atom stereocenters. The van der Waals surface area contributed by atoms with Crippen molar-refractivity contribution in [3.8, 4) is 46.0 Å². The maximum Gasteiger partial charge on any atom is 0.312 e. The number of carbonyl (C=O) groups is 2. The summed E-state index contributed by atoms with van der Waals surface area (Å²) in [5.41, 5.74) is 2.18. The lowest BCUT2D eigenvalue weighted by Crippen LogP contribution is -2.21. The Morgan fingerprint density at radius 1 is 0.725 bits per heavy atom. The summed E-state index contributed by atoms with van der Waals surface area (Å²) in [5, 5.41) is 0. The molecule has 0 saturated heterocycles. The molecule has 0 amide bonds. The van der Waals surface area contributed by atoms with Gasteiger partial charge in [-0.2, -0.15) is 0 Å². The first-order valence-corrected chi connectivity index (χ1v) is 12.3. The van der Waals surface area contributed by atoms with E-state index in [4.69, 9.17) is 37.9 Å². The molecule has 40 heavy (non-hydrogen) atoms. The van der Waals surface area contributed by atoms with E-state index in [0.29, 0.717) is 68.2 Å². The lowest BCUT2D eigenvalue weighted by Gasteiger charge is -2.27. The fourth-order valence-electron chi connectivity index (χ4n) is 5.00. The minimum Gasteiger partial charge on any atom is -0.496 e. The third kappa shape index (κ3) is 4.41. The van der Waals surface area contributed by atoms with E-state index in [1.807, 2.05) is 0 Å². The number of Topliss-reactive ketones (excluding diaryl/α,β-unsaturated/α-hetero) is 1. The SMILES string of the molecule is COc1cc(OC)c(OC)cc1/C=C1/Oc2c(ccc3c2C(c2cc(OC)c(OC)c(OC)c2)CC(=O)O3)C1=O. The highest BCUT2D eigenvalue weighted by Crippen LogP contribution is 2.51. The zero-order chi connectivity index (χ0) is 28.6. The lowest BCUT2D eigenvalue weighted by molar-refractivity contribution is -0.135. The molecule has 2 aliphatic heterocycles. The number of carbonyl (C=O) groups excluding carboxylic acids is 2. The Bertz CT molecular complexity index is 1510. The molecule has 3 aromatic carbocycles. The van der Waals surface area contributed by atoms with Crippen LogP contribution in [-0.4, -0.2) is 54.4 Å². The molecule has 0 spiro atoms. The number of fused-ring (bicyclic) bond motifs is 3. The number of ketones is 1. The van der Waals surface area contributed by atoms with Crippen molar-refractivity contribution in [2.75, 3.05) is 42.7 Å². The molecule has 1 unspecified atom stereocenters. The van der Waals surface area contributed by atoms with Crippen molar-refractivity contribution in [3.05, 3.63) is 64.4 Å². The fraction of sp³-hybridized carbons (Fsp3) is 0.267. The Hall–Kier alpha value is -4.86. The van der Waals surface area contributed by atoms with Crippen molar-refractivity contribution in [2.24, 2.45) is 0 Å². The summed E-state index contributed by atoms with van der Waals surface area (Å²) in [6.07, 6.45) is 1.60. The Morgan fingerprint density at radius 3 is 1.95 bits per heavy atom. The summed E-state index contributed by atoms with van der Waals surface area (Å²) in [5.74, 6) is 2.15. The predicted octanol–water partition coefficient (Wildman–Crippen LogP) is 4.80. The zero-order valence-electron chi connectivity index (χ0n) is 22.9. The highest BCUT2D eigenvalue weighted by molar-refractivity contribution is 6.15. The highest BCUT2D eigenvalue weighted by Gasteiger charge is 2.39. The van der Waals surface area contributed by atoms with Gasteiger partial charge in [0, 0.05) is 23.1 Å². The van der Waals surface area contributed by atoms with E-state index in [1.165, 1.54) is 42.7 Å². The van der Waals surface area contributed by atoms with E-state index >= 15 is 0 Å². The number of hydrogen-bond acceptors (Lipinski definition) is 10. The van der Waals surface area contributed by atoms with Crippen molar-refractivity contribution in [1.29, 1.82) is 0 Å². The van der Waals surface area contributed by atoms with Crippen LogP contribution in [0, 0.1) is 0 Å². The number of methoxy groups -OCH3 is 6. The summed E-state index contributed by atoms with van der Waals surface area (Å²) in [6.45, 7) is 0. The van der Waals surface area contributed by atoms with Gasteiger partial charge in [0.15, 0.2) is 28.8 Å². The van der Waals surface area contributed by atoms with Gasteiger partial charge >= 0.3 is 5.97 Å². The molecule has 3 aromatic rings. The quantitative estimate of drug-likeness (QED) is 0.221. The second-order valence-electron chi connectivity index (χ2n) is 8.93. The average molecular weight is 549 g/mol. The van der Waals surface area contributed by atoms with Crippen molar-refractivity contribution in [2.45, 2.75) is 12.3 Å². The number of rotatable bonds is 8. The number of allylic oxidation sites excluding steroid dienone is 1. The first-order valence-electron chi connectivity index (χ1n) is 12.3. The van der Waals surface area contributed by atoms with Gasteiger partial charge in [-0.15, -0.1) is 0 Å². The van der Waals surface area contributed by atoms with E-state index in [9.17, 15) is 9.59 Å². The Kier molecular flexibility index (Phi) is 7.17. The van der Waals surface area contributed by atoms with Gasteiger partial charge in [-0.1, -0.05) is 0 Å². The van der Waals surface area contributed by atoms with E-state index in [2.05, 4.69) is 0 Å². The Labute approximate surface area is 230 Å². The number of benzene rings is 3. The molecule has 0 bridgehead atoms. The molecule has 0 aromatic heterocycles. The van der Waals surface area contributed by atoms with Gasteiger partial charge in [0.2, 0.25) is 11.5 Å². The summed E-state index contributed by atoms with van der Waals surface area (Å²) in [4.78, 5) is 26.1. The molecule has 0 aliphatic carbocycles. The van der Waals surface area contributed by atoms with Crippen LogP contribution in [0.25, 0.3) is 6.08 Å². The summed E-state index contributed by atoms with van der Waals surface area (Å²) in [6, 6.07) is 10.1. The Balaban J connectivity index is 1.63. The number of ether oxygens (including phenoxy) is 8. The highest BCUT2D eigenvalue weighted by atomic mass is 16.5. The van der Waals surface area contributed by atoms with Gasteiger partial charge in [0.1, 0.15) is 17.2 Å². The maximum atomic E-state index is 13.5. The van der Waals surface area contributed by atoms with Crippen LogP contribution in [0.15, 0.2) is 42.2 Å². The van der Waals surface area contributed by atoms with E-state index < -0.39 is 11.9 Å². The van der Waals surface area contributed by atoms with Crippen molar-refractivity contribution >= 4 is 17.8 Å². The average Bonchev–Trinajstić information content (AvgIpc) is 3.29. The van der Waals surface area contributed by atoms with Crippen LogP contribution in [0.2, 0.25) is 0 Å². The molecular weight excluding hydrogens is 520 g/mol. The summed E-state index contributed by atoms with van der Waals surface area (Å²) in [7, 11) is 9.11. The van der Waals surface area contributed by atoms with E-state index in [1.54, 1.807) is 42.5 Å². The lowest BCUT2D eigenvalue weighted by atomic mass is 9.84. The molecule has 0 saturated carbocycles. The molecule has 10 nitrogen and oxygen atoms in total. The minimum absolute atomic E-state index is 0.0161. The first-order chi connectivity index (χ1) is 19.4. The van der Waals surface area contributed by atoms with Gasteiger partial charge in [0.05, 0.1) is 54.6 Å². The Morgan fingerprint density at radius 2 is 1.35 bits per heavy atom. The van der Waals surface area contributed by atoms with Gasteiger partial charge < -0.3 is 37.9 Å². The van der Waals surface area contributed by atoms with Gasteiger partial charge in [-0.3, -0.25) is 9.59 Å². The third-order valence-corrected chi connectivity index (χ3v) is 6.89. The monoisotopic (exact) mass is 548 g/mol. The predicted molar refractivity (Wildman–Crippen MR) is 144 cm³/mol. The second kappa shape index (κ2) is 10.7. The van der Waals surface area contributed by atoms with Crippen LogP contribution in [0.1, 0.15) is 39.4 Å². The van der Waals surface area contributed by atoms with E-state index in [-0.39, 0.29) is 18.0 Å². The van der Waals surface area contributed by atoms with Crippen LogP contribution in [0.3, 0.4) is 0 Å². The molecular formula is C30H28O10. The summed E-state index contributed by atoms with van der Waals surface area (Å²) >= 11 is 0. The summed E-state index contributed by atoms with van der Waals surface area (Å²) < 4.78 is 44.6. The van der Waals surface area contributed by atoms with Gasteiger partial charge in [0.25, 0.3) is 0 Å². The van der Waals surface area contributed by atoms with Gasteiger partial charge in [-0.25, -0.2) is 0 Å². The maximum absolute atomic E-state index is 13.5. The van der Waals surface area contributed by atoms with Crippen molar-refractivity contribution < 1.29 is 47.5 Å². The third-order valence-electron chi connectivity index (χ3n) is 6.89. The molecule has 0 radical (unpaired) electrons. The largest absolute Gasteiger partial charge is 0.496 e. The minimum atomic E-state index is -0.511. The van der Waals surface area contributed by atoms with Crippen LogP contribution in [-0.2, 0) is 4.79 Å². The number of hydrogen-bond donors (Lipinski definition) is 0. The molecule has 2 heterocycles. The molecule has 208 valence electrons. The molecule has 2 aliphatic rings. The fourth-order valence-corrected chi connectivity index (χ4v) is 5.00. The van der Waals surface area contributed by atoms with Crippen LogP contribution in [0.4, 0.5) is 0 Å². The molecule has 10 heteroatoms. The molecule has 0 N–H and O–H groups in total. The van der Waals surface area contributed by atoms with Crippen molar-refractivity contribution in [1.82, 2.24) is 0 Å². The second-order valence-corrected chi connectivity index (χ2v) is 8.93. The topological polar surface area (TPSA) is 108 Å². The number of esters is 1. The zero-order valence-corrected chi connectivity index (χ0v) is 22.9. The molecule has 0 fully saturated rings. The molecule has 5 rings (SSSR count). The van der Waals surface area contributed by atoms with Crippen LogP contribution < -0.4 is 37.9 Å².